The van der Waals surface area contributed by atoms with Gasteiger partial charge in [-0.2, -0.15) is 0 Å². The number of hydrogen-bond acceptors (Lipinski definition) is 3. The highest BCUT2D eigenvalue weighted by Gasteiger charge is 1.99. The van der Waals surface area contributed by atoms with Gasteiger partial charge in [0.05, 0.1) is 0 Å². The van der Waals surface area contributed by atoms with Crippen LogP contribution in [0.2, 0.25) is 0 Å². The molecule has 0 spiro atoms. The van der Waals surface area contributed by atoms with Crippen LogP contribution in [0.4, 0.5) is 0 Å². The number of hydrogen-bond donors (Lipinski definition) is 3. The molecule has 0 aromatic carbocycles. The number of carbonyl (C=O) groups is 1. The van der Waals surface area contributed by atoms with Gasteiger partial charge in [-0.15, -0.1) is 0 Å². The molecule has 1 aromatic heterocycles. The van der Waals surface area contributed by atoms with Crippen LogP contribution >= 0.6 is 0 Å². The summed E-state index contributed by atoms with van der Waals surface area (Å²) < 4.78 is 0. The van der Waals surface area contributed by atoms with Crippen LogP contribution in [0.5, 0.6) is 0 Å². The Bertz CT molecular complexity index is 219. The van der Waals surface area contributed by atoms with Crippen molar-refractivity contribution >= 4 is 5.97 Å². The maximum atomic E-state index is 9.57. The van der Waals surface area contributed by atoms with Gasteiger partial charge >= 0.3 is 5.97 Å². The molecule has 0 radical (unpaired) electrons. The standard InChI is InChI=1S/C4H6N2.C3H7NO2/c1-4-5-2-3-6-4;1-2(4)3(5)6/h2-3H,1H3,(H,5,6);2H,4H2,1H3,(H,5,6). The van der Waals surface area contributed by atoms with Crippen molar-refractivity contribution in [3.63, 3.8) is 0 Å². The third-order valence-electron chi connectivity index (χ3n) is 1.02. The van der Waals surface area contributed by atoms with Crippen molar-refractivity contribution < 1.29 is 9.90 Å². The maximum Gasteiger partial charge on any atom is 0.320 e. The monoisotopic (exact) mass is 171 g/mol. The van der Waals surface area contributed by atoms with Gasteiger partial charge in [0.1, 0.15) is 11.9 Å². The minimum Gasteiger partial charge on any atom is -0.480 e. The number of carboxylic acid groups (broad SMARTS) is 1. The van der Waals surface area contributed by atoms with Crippen molar-refractivity contribution in [1.29, 1.82) is 0 Å². The Balaban J connectivity index is 0.000000202. The second-order valence-corrected chi connectivity index (χ2v) is 2.30. The maximum absolute atomic E-state index is 9.57. The molecule has 0 aliphatic heterocycles. The molecular weight excluding hydrogens is 158 g/mol. The lowest BCUT2D eigenvalue weighted by Crippen LogP contribution is -2.25. The van der Waals surface area contributed by atoms with Crippen LogP contribution in [-0.2, 0) is 4.79 Å². The van der Waals surface area contributed by atoms with Gasteiger partial charge in [-0.1, -0.05) is 0 Å². The van der Waals surface area contributed by atoms with Crippen molar-refractivity contribution in [3.8, 4) is 0 Å². The summed E-state index contributed by atoms with van der Waals surface area (Å²) in [7, 11) is 0. The lowest BCUT2D eigenvalue weighted by molar-refractivity contribution is -0.138. The van der Waals surface area contributed by atoms with Crippen LogP contribution < -0.4 is 5.73 Å². The fourth-order valence-electron chi connectivity index (χ4n) is 0.344. The van der Waals surface area contributed by atoms with Gasteiger partial charge in [0.25, 0.3) is 0 Å². The Labute approximate surface area is 70.6 Å². The van der Waals surface area contributed by atoms with E-state index in [9.17, 15) is 4.79 Å². The van der Waals surface area contributed by atoms with Crippen molar-refractivity contribution in [2.45, 2.75) is 19.9 Å². The number of imidazole rings is 1. The molecule has 1 unspecified atom stereocenters. The number of aliphatic carboxylic acids is 1. The molecule has 68 valence electrons. The molecule has 0 bridgehead atoms. The number of nitrogens with two attached hydrogens (primary N) is 1. The Morgan fingerprint density at radius 1 is 1.83 bits per heavy atom. The van der Waals surface area contributed by atoms with Crippen LogP contribution in [0.25, 0.3) is 0 Å². The molecule has 5 heteroatoms. The Hall–Kier alpha value is -1.36. The highest BCUT2D eigenvalue weighted by atomic mass is 16.4. The van der Waals surface area contributed by atoms with Crippen molar-refractivity contribution in [3.05, 3.63) is 18.2 Å². The topological polar surface area (TPSA) is 92.0 Å². The van der Waals surface area contributed by atoms with Gasteiger partial charge in [0.2, 0.25) is 0 Å². The second kappa shape index (κ2) is 5.31. The summed E-state index contributed by atoms with van der Waals surface area (Å²) in [5.74, 6) is 0.00463. The molecule has 1 heterocycles. The van der Waals surface area contributed by atoms with Crippen LogP contribution in [0.1, 0.15) is 12.7 Å². The molecular formula is C7H13N3O2. The molecule has 1 rings (SSSR count). The van der Waals surface area contributed by atoms with E-state index >= 15 is 0 Å². The van der Waals surface area contributed by atoms with E-state index in [4.69, 9.17) is 10.8 Å². The molecule has 0 saturated heterocycles. The van der Waals surface area contributed by atoms with Gasteiger partial charge in [-0.3, -0.25) is 4.79 Å². The molecule has 1 atom stereocenters. The second-order valence-electron chi connectivity index (χ2n) is 2.30. The first-order valence-corrected chi connectivity index (χ1v) is 3.48. The molecule has 12 heavy (non-hydrogen) atoms. The highest BCUT2D eigenvalue weighted by molar-refractivity contribution is 5.72. The summed E-state index contributed by atoms with van der Waals surface area (Å²) in [5.41, 5.74) is 4.84. The number of aromatic amines is 1. The van der Waals surface area contributed by atoms with E-state index in [1.54, 1.807) is 12.4 Å². The van der Waals surface area contributed by atoms with Gasteiger partial charge in [0.15, 0.2) is 0 Å². The molecule has 1 aromatic rings. The van der Waals surface area contributed by atoms with E-state index in [0.29, 0.717) is 0 Å². The van der Waals surface area contributed by atoms with Crippen molar-refractivity contribution in [1.82, 2.24) is 9.97 Å². The summed E-state index contributed by atoms with van der Waals surface area (Å²) >= 11 is 0. The lowest BCUT2D eigenvalue weighted by atomic mass is 10.4. The van der Waals surface area contributed by atoms with Crippen molar-refractivity contribution in [2.24, 2.45) is 5.73 Å². The van der Waals surface area contributed by atoms with Crippen LogP contribution in [-0.4, -0.2) is 27.1 Å². The number of aromatic nitrogens is 2. The smallest absolute Gasteiger partial charge is 0.320 e. The first-order chi connectivity index (χ1) is 5.54. The Morgan fingerprint density at radius 3 is 2.42 bits per heavy atom. The van der Waals surface area contributed by atoms with Gasteiger partial charge < -0.3 is 15.8 Å². The third-order valence-corrected chi connectivity index (χ3v) is 1.02. The average Bonchev–Trinajstić information content (AvgIpc) is 2.40. The van der Waals surface area contributed by atoms with E-state index in [-0.39, 0.29) is 0 Å². The minimum absolute atomic E-state index is 0.731. The highest BCUT2D eigenvalue weighted by Crippen LogP contribution is 1.78. The van der Waals surface area contributed by atoms with Crippen molar-refractivity contribution in [2.75, 3.05) is 0 Å². The number of nitrogens with one attached hydrogen (secondary N) is 1. The summed E-state index contributed by atoms with van der Waals surface area (Å²) in [6.07, 6.45) is 3.53. The Morgan fingerprint density at radius 2 is 2.33 bits per heavy atom. The molecule has 0 fully saturated rings. The zero-order valence-corrected chi connectivity index (χ0v) is 7.11. The van der Waals surface area contributed by atoms with Gasteiger partial charge in [-0.05, 0) is 13.8 Å². The number of nitrogens with zero attached hydrogens (tertiary/aromatic N) is 1. The number of rotatable bonds is 1. The largest absolute Gasteiger partial charge is 0.480 e. The summed E-state index contributed by atoms with van der Waals surface area (Å²) in [6, 6.07) is -0.731. The third kappa shape index (κ3) is 5.43. The Kier molecular flexibility index (Phi) is 4.71. The summed E-state index contributed by atoms with van der Waals surface area (Å²) in [5, 5.41) is 7.87. The van der Waals surface area contributed by atoms with E-state index in [1.807, 2.05) is 6.92 Å². The molecule has 0 aliphatic rings. The zero-order valence-electron chi connectivity index (χ0n) is 7.11. The normalized spacial score (nSPS) is 11.2. The molecule has 0 saturated carbocycles. The lowest BCUT2D eigenvalue weighted by Gasteiger charge is -1.90. The molecule has 0 amide bonds. The van der Waals surface area contributed by atoms with E-state index in [1.165, 1.54) is 6.92 Å². The first-order valence-electron chi connectivity index (χ1n) is 3.48. The van der Waals surface area contributed by atoms with Crippen LogP contribution in [0, 0.1) is 6.92 Å². The quantitative estimate of drug-likeness (QED) is 0.560. The summed E-state index contributed by atoms with van der Waals surface area (Å²) in [6.45, 7) is 3.34. The fourth-order valence-corrected chi connectivity index (χ4v) is 0.344. The van der Waals surface area contributed by atoms with E-state index < -0.39 is 12.0 Å². The first kappa shape index (κ1) is 10.6. The zero-order chi connectivity index (χ0) is 9.56. The average molecular weight is 171 g/mol. The number of H-pyrrole nitrogens is 1. The number of aryl methyl sites for hydroxylation is 1. The van der Waals surface area contributed by atoms with Crippen LogP contribution in [0.3, 0.4) is 0 Å². The van der Waals surface area contributed by atoms with Crippen LogP contribution in [0.15, 0.2) is 12.4 Å². The van der Waals surface area contributed by atoms with Gasteiger partial charge in [0, 0.05) is 12.4 Å². The van der Waals surface area contributed by atoms with E-state index in [0.717, 1.165) is 5.82 Å². The SMILES string of the molecule is CC(N)C(=O)O.Cc1ncc[nH]1. The predicted octanol–water partition coefficient (Wildman–Crippen LogP) is 0.136. The molecule has 4 N–H and O–H groups in total. The minimum atomic E-state index is -0.963. The number of carboxylic acids is 1. The molecule has 5 nitrogen and oxygen atoms in total. The fraction of sp³-hybridized carbons (Fsp3) is 0.429. The van der Waals surface area contributed by atoms with E-state index in [2.05, 4.69) is 9.97 Å². The summed E-state index contributed by atoms with van der Waals surface area (Å²) in [4.78, 5) is 16.3. The molecule has 0 aliphatic carbocycles. The van der Waals surface area contributed by atoms with Gasteiger partial charge in [-0.25, -0.2) is 4.98 Å². The predicted molar refractivity (Wildman–Crippen MR) is 44.6 cm³/mol.